The van der Waals surface area contributed by atoms with Crippen molar-refractivity contribution in [1.82, 2.24) is 15.3 Å². The van der Waals surface area contributed by atoms with Crippen LogP contribution in [0.1, 0.15) is 62.0 Å². The Balaban J connectivity index is 2.08. The normalized spacial score (nSPS) is 16.2. The first-order valence-corrected chi connectivity index (χ1v) is 8.33. The van der Waals surface area contributed by atoms with Gasteiger partial charge in [-0.05, 0) is 71.0 Å². The SMILES string of the molecule is CCCNCCc1c(C)nc(C(OCC)C2CC2)nc1C. The fraction of sp³-hybridized carbons (Fsp3) is 0.765. The zero-order valence-corrected chi connectivity index (χ0v) is 13.9. The third kappa shape index (κ3) is 4.48. The van der Waals surface area contributed by atoms with Crippen molar-refractivity contribution in [3.8, 4) is 0 Å². The van der Waals surface area contributed by atoms with Crippen LogP contribution in [0.15, 0.2) is 0 Å². The maximum absolute atomic E-state index is 5.88. The van der Waals surface area contributed by atoms with Gasteiger partial charge in [0, 0.05) is 18.0 Å². The molecular formula is C17H29N3O. The minimum atomic E-state index is 0.0969. The molecule has 0 spiro atoms. The summed E-state index contributed by atoms with van der Waals surface area (Å²) in [6.07, 6.45) is 4.76. The van der Waals surface area contributed by atoms with Gasteiger partial charge < -0.3 is 10.1 Å². The molecule has 1 aromatic rings. The molecule has 1 fully saturated rings. The Morgan fingerprint density at radius 2 is 1.81 bits per heavy atom. The predicted molar refractivity (Wildman–Crippen MR) is 85.5 cm³/mol. The number of hydrogen-bond acceptors (Lipinski definition) is 4. The van der Waals surface area contributed by atoms with Crippen LogP contribution in [-0.2, 0) is 11.2 Å². The van der Waals surface area contributed by atoms with E-state index in [1.54, 1.807) is 0 Å². The van der Waals surface area contributed by atoms with Crippen LogP contribution in [0.5, 0.6) is 0 Å². The van der Waals surface area contributed by atoms with Crippen LogP contribution in [0.25, 0.3) is 0 Å². The maximum atomic E-state index is 5.88. The van der Waals surface area contributed by atoms with Crippen LogP contribution in [0, 0.1) is 19.8 Å². The van der Waals surface area contributed by atoms with Gasteiger partial charge in [-0.15, -0.1) is 0 Å². The van der Waals surface area contributed by atoms with Crippen LogP contribution in [0.4, 0.5) is 0 Å². The van der Waals surface area contributed by atoms with Gasteiger partial charge in [0.1, 0.15) is 6.10 Å². The van der Waals surface area contributed by atoms with Gasteiger partial charge >= 0.3 is 0 Å². The molecule has 1 aliphatic rings. The van der Waals surface area contributed by atoms with Crippen molar-refractivity contribution >= 4 is 0 Å². The average Bonchev–Trinajstić information content (AvgIpc) is 3.27. The highest BCUT2D eigenvalue weighted by Gasteiger charge is 2.35. The van der Waals surface area contributed by atoms with Crippen molar-refractivity contribution in [1.29, 1.82) is 0 Å². The van der Waals surface area contributed by atoms with Crippen LogP contribution in [0.2, 0.25) is 0 Å². The smallest absolute Gasteiger partial charge is 0.157 e. The number of rotatable bonds is 9. The first-order chi connectivity index (χ1) is 10.2. The second kappa shape index (κ2) is 7.85. The Bertz CT molecular complexity index is 434. The van der Waals surface area contributed by atoms with Crippen LogP contribution < -0.4 is 5.32 Å². The molecule has 0 radical (unpaired) electrons. The van der Waals surface area contributed by atoms with Gasteiger partial charge in [-0.2, -0.15) is 0 Å². The Hall–Kier alpha value is -1.00. The van der Waals surface area contributed by atoms with E-state index in [4.69, 9.17) is 14.7 Å². The second-order valence-corrected chi connectivity index (χ2v) is 5.94. The van der Waals surface area contributed by atoms with E-state index in [0.717, 1.165) is 43.3 Å². The second-order valence-electron chi connectivity index (χ2n) is 5.94. The summed E-state index contributed by atoms with van der Waals surface area (Å²) < 4.78 is 5.88. The molecule has 118 valence electrons. The van der Waals surface area contributed by atoms with E-state index in [-0.39, 0.29) is 6.10 Å². The van der Waals surface area contributed by atoms with Gasteiger partial charge in [0.2, 0.25) is 0 Å². The first-order valence-electron chi connectivity index (χ1n) is 8.33. The minimum absolute atomic E-state index is 0.0969. The summed E-state index contributed by atoms with van der Waals surface area (Å²) in [7, 11) is 0. The number of nitrogens with zero attached hydrogens (tertiary/aromatic N) is 2. The minimum Gasteiger partial charge on any atom is -0.370 e. The van der Waals surface area contributed by atoms with Crippen LogP contribution >= 0.6 is 0 Å². The molecule has 1 aromatic heterocycles. The molecule has 0 aromatic carbocycles. The molecular weight excluding hydrogens is 262 g/mol. The fourth-order valence-electron chi connectivity index (χ4n) is 2.77. The lowest BCUT2D eigenvalue weighted by Crippen LogP contribution is -2.20. The highest BCUT2D eigenvalue weighted by Crippen LogP contribution is 2.42. The summed E-state index contributed by atoms with van der Waals surface area (Å²) >= 11 is 0. The molecule has 0 bridgehead atoms. The van der Waals surface area contributed by atoms with E-state index in [1.807, 2.05) is 6.92 Å². The Morgan fingerprint density at radius 3 is 2.33 bits per heavy atom. The van der Waals surface area contributed by atoms with Crippen molar-refractivity contribution < 1.29 is 4.74 Å². The maximum Gasteiger partial charge on any atom is 0.157 e. The third-order valence-corrected chi connectivity index (χ3v) is 4.07. The number of aromatic nitrogens is 2. The number of aryl methyl sites for hydroxylation is 2. The monoisotopic (exact) mass is 291 g/mol. The molecule has 1 N–H and O–H groups in total. The van der Waals surface area contributed by atoms with Gasteiger partial charge in [-0.25, -0.2) is 9.97 Å². The van der Waals surface area contributed by atoms with Crippen LogP contribution in [0.3, 0.4) is 0 Å². The molecule has 1 saturated carbocycles. The summed E-state index contributed by atoms with van der Waals surface area (Å²) in [6.45, 7) is 11.2. The molecule has 0 saturated heterocycles. The van der Waals surface area contributed by atoms with Crippen molar-refractivity contribution in [3.63, 3.8) is 0 Å². The van der Waals surface area contributed by atoms with Crippen molar-refractivity contribution in [3.05, 3.63) is 22.8 Å². The molecule has 0 aliphatic heterocycles. The number of ether oxygens (including phenoxy) is 1. The lowest BCUT2D eigenvalue weighted by atomic mass is 10.1. The molecule has 4 heteroatoms. The van der Waals surface area contributed by atoms with Crippen molar-refractivity contribution in [2.45, 2.75) is 59.5 Å². The predicted octanol–water partition coefficient (Wildman–Crippen LogP) is 3.12. The molecule has 1 atom stereocenters. The number of hydrogen-bond donors (Lipinski definition) is 1. The third-order valence-electron chi connectivity index (χ3n) is 4.07. The van der Waals surface area contributed by atoms with Gasteiger partial charge in [0.05, 0.1) is 0 Å². The van der Waals surface area contributed by atoms with E-state index < -0.39 is 0 Å². The molecule has 21 heavy (non-hydrogen) atoms. The van der Waals surface area contributed by atoms with Gasteiger partial charge in [0.15, 0.2) is 5.82 Å². The van der Waals surface area contributed by atoms with Crippen LogP contribution in [-0.4, -0.2) is 29.7 Å². The molecule has 2 rings (SSSR count). The van der Waals surface area contributed by atoms with E-state index in [9.17, 15) is 0 Å². The molecule has 1 unspecified atom stereocenters. The van der Waals surface area contributed by atoms with E-state index in [0.29, 0.717) is 5.92 Å². The zero-order chi connectivity index (χ0) is 15.2. The van der Waals surface area contributed by atoms with Crippen molar-refractivity contribution in [2.75, 3.05) is 19.7 Å². The summed E-state index contributed by atoms with van der Waals surface area (Å²) in [5.41, 5.74) is 3.51. The van der Waals surface area contributed by atoms with Crippen molar-refractivity contribution in [2.24, 2.45) is 5.92 Å². The lowest BCUT2D eigenvalue weighted by Gasteiger charge is -2.18. The highest BCUT2D eigenvalue weighted by molar-refractivity contribution is 5.25. The lowest BCUT2D eigenvalue weighted by molar-refractivity contribution is 0.0397. The molecule has 1 heterocycles. The summed E-state index contributed by atoms with van der Waals surface area (Å²) in [5, 5.41) is 3.44. The summed E-state index contributed by atoms with van der Waals surface area (Å²) in [4.78, 5) is 9.50. The molecule has 1 aliphatic carbocycles. The summed E-state index contributed by atoms with van der Waals surface area (Å²) in [6, 6.07) is 0. The topological polar surface area (TPSA) is 47.0 Å². The molecule has 4 nitrogen and oxygen atoms in total. The Labute approximate surface area is 128 Å². The van der Waals surface area contributed by atoms with E-state index in [1.165, 1.54) is 24.8 Å². The van der Waals surface area contributed by atoms with Gasteiger partial charge in [-0.3, -0.25) is 0 Å². The highest BCUT2D eigenvalue weighted by atomic mass is 16.5. The Kier molecular flexibility index (Phi) is 6.12. The summed E-state index contributed by atoms with van der Waals surface area (Å²) in [5.74, 6) is 1.51. The van der Waals surface area contributed by atoms with E-state index >= 15 is 0 Å². The van der Waals surface area contributed by atoms with E-state index in [2.05, 4.69) is 26.1 Å². The zero-order valence-electron chi connectivity index (χ0n) is 13.9. The Morgan fingerprint density at radius 1 is 1.14 bits per heavy atom. The van der Waals surface area contributed by atoms with Gasteiger partial charge in [0.25, 0.3) is 0 Å². The number of nitrogens with one attached hydrogen (secondary N) is 1. The first kappa shape index (κ1) is 16.4. The largest absolute Gasteiger partial charge is 0.370 e. The quantitative estimate of drug-likeness (QED) is 0.710. The fourth-order valence-corrected chi connectivity index (χ4v) is 2.77. The van der Waals surface area contributed by atoms with Gasteiger partial charge in [-0.1, -0.05) is 6.92 Å². The standard InChI is InChI=1S/C17H29N3O/c1-5-10-18-11-9-15-12(3)19-17(20-13(15)4)16(21-6-2)14-7-8-14/h14,16,18H,5-11H2,1-4H3. The molecule has 0 amide bonds. The average molecular weight is 291 g/mol.